The Morgan fingerprint density at radius 1 is 1.36 bits per heavy atom. The molecule has 0 aliphatic rings. The fourth-order valence-electron chi connectivity index (χ4n) is 1.30. The van der Waals surface area contributed by atoms with Crippen molar-refractivity contribution in [3.05, 3.63) is 28.7 Å². The van der Waals surface area contributed by atoms with Gasteiger partial charge < -0.3 is 10.5 Å². The molecule has 1 aromatic carbocycles. The van der Waals surface area contributed by atoms with Crippen LogP contribution in [-0.2, 0) is 0 Å². The first-order chi connectivity index (χ1) is 6.70. The van der Waals surface area contributed by atoms with Gasteiger partial charge in [-0.2, -0.15) is 0 Å². The Hall–Kier alpha value is -1.29. The average Bonchev–Trinajstić information content (AvgIpc) is 2.19. The summed E-state index contributed by atoms with van der Waals surface area (Å²) in [5.41, 5.74) is 6.45. The minimum atomic E-state index is 0.517. The van der Waals surface area contributed by atoms with Gasteiger partial charge in [0.2, 0.25) is 0 Å². The van der Waals surface area contributed by atoms with Gasteiger partial charge in [-0.1, -0.05) is 0 Å². The topological polar surface area (TPSA) is 48.1 Å². The number of nitrogens with two attached hydrogens (primary N) is 1. The number of anilines is 1. The highest BCUT2D eigenvalue weighted by atomic mass is 79.9. The highest BCUT2D eigenvalue weighted by Crippen LogP contribution is 2.28. The number of rotatable bonds is 1. The van der Waals surface area contributed by atoms with Gasteiger partial charge in [-0.05, 0) is 40.2 Å². The van der Waals surface area contributed by atoms with E-state index in [0.717, 1.165) is 21.1 Å². The lowest BCUT2D eigenvalue weighted by Gasteiger charge is -2.04. The summed E-state index contributed by atoms with van der Waals surface area (Å²) in [5, 5.41) is 1.01. The molecular weight excluding hydrogens is 244 g/mol. The van der Waals surface area contributed by atoms with E-state index in [1.807, 2.05) is 18.2 Å². The SMILES string of the molecule is COc1cc(Br)c2nc(N)ccc2c1. The Morgan fingerprint density at radius 3 is 2.86 bits per heavy atom. The van der Waals surface area contributed by atoms with Crippen molar-refractivity contribution in [2.75, 3.05) is 12.8 Å². The van der Waals surface area contributed by atoms with Crippen molar-refractivity contribution in [3.63, 3.8) is 0 Å². The van der Waals surface area contributed by atoms with E-state index in [9.17, 15) is 0 Å². The summed E-state index contributed by atoms with van der Waals surface area (Å²) in [5.74, 6) is 1.32. The highest BCUT2D eigenvalue weighted by Gasteiger charge is 2.03. The highest BCUT2D eigenvalue weighted by molar-refractivity contribution is 9.10. The fraction of sp³-hybridized carbons (Fsp3) is 0.100. The number of methoxy groups -OCH3 is 1. The van der Waals surface area contributed by atoms with E-state index >= 15 is 0 Å². The number of benzene rings is 1. The number of pyridine rings is 1. The van der Waals surface area contributed by atoms with Gasteiger partial charge in [-0.25, -0.2) is 4.98 Å². The lowest BCUT2D eigenvalue weighted by atomic mass is 10.2. The number of halogens is 1. The number of aromatic nitrogens is 1. The van der Waals surface area contributed by atoms with Gasteiger partial charge >= 0.3 is 0 Å². The van der Waals surface area contributed by atoms with E-state index in [4.69, 9.17) is 10.5 Å². The van der Waals surface area contributed by atoms with Crippen LogP contribution >= 0.6 is 15.9 Å². The molecule has 0 amide bonds. The van der Waals surface area contributed by atoms with E-state index in [0.29, 0.717) is 5.82 Å². The Morgan fingerprint density at radius 2 is 2.14 bits per heavy atom. The zero-order valence-electron chi connectivity index (χ0n) is 7.62. The molecule has 3 nitrogen and oxygen atoms in total. The molecule has 4 heteroatoms. The minimum absolute atomic E-state index is 0.517. The summed E-state index contributed by atoms with van der Waals surface area (Å²) < 4.78 is 6.03. The molecule has 0 spiro atoms. The van der Waals surface area contributed by atoms with Crippen LogP contribution in [0.15, 0.2) is 28.7 Å². The lowest BCUT2D eigenvalue weighted by molar-refractivity contribution is 0.415. The number of hydrogen-bond acceptors (Lipinski definition) is 3. The zero-order chi connectivity index (χ0) is 10.1. The van der Waals surface area contributed by atoms with Crippen LogP contribution in [0.1, 0.15) is 0 Å². The van der Waals surface area contributed by atoms with Gasteiger partial charge in [0.25, 0.3) is 0 Å². The summed E-state index contributed by atoms with van der Waals surface area (Å²) in [7, 11) is 1.64. The molecule has 72 valence electrons. The van der Waals surface area contributed by atoms with E-state index < -0.39 is 0 Å². The maximum atomic E-state index is 5.60. The predicted octanol–water partition coefficient (Wildman–Crippen LogP) is 2.59. The normalized spacial score (nSPS) is 10.4. The third-order valence-corrected chi connectivity index (χ3v) is 2.58. The van der Waals surface area contributed by atoms with E-state index in [1.165, 1.54) is 0 Å². The number of hydrogen-bond donors (Lipinski definition) is 1. The summed E-state index contributed by atoms with van der Waals surface area (Å²) in [4.78, 5) is 4.23. The molecule has 0 fully saturated rings. The molecular formula is C10H9BrN2O. The molecule has 1 aromatic heterocycles. The Labute approximate surface area is 90.0 Å². The third-order valence-electron chi connectivity index (χ3n) is 1.98. The lowest BCUT2D eigenvalue weighted by Crippen LogP contribution is -1.91. The number of ether oxygens (including phenoxy) is 1. The molecule has 14 heavy (non-hydrogen) atoms. The zero-order valence-corrected chi connectivity index (χ0v) is 9.21. The third kappa shape index (κ3) is 1.53. The van der Waals surface area contributed by atoms with Gasteiger partial charge in [0.1, 0.15) is 11.6 Å². The first-order valence-corrected chi connectivity index (χ1v) is 4.90. The number of nitrogens with zero attached hydrogens (tertiary/aromatic N) is 1. The largest absolute Gasteiger partial charge is 0.497 e. The second kappa shape index (κ2) is 3.46. The van der Waals surface area contributed by atoms with Crippen molar-refractivity contribution in [1.29, 1.82) is 0 Å². The molecule has 2 aromatic rings. The van der Waals surface area contributed by atoms with Crippen molar-refractivity contribution >= 4 is 32.7 Å². The first-order valence-electron chi connectivity index (χ1n) is 4.10. The molecule has 1 heterocycles. The number of fused-ring (bicyclic) bond motifs is 1. The van der Waals surface area contributed by atoms with Gasteiger partial charge in [-0.15, -0.1) is 0 Å². The monoisotopic (exact) mass is 252 g/mol. The van der Waals surface area contributed by atoms with Crippen LogP contribution in [0.25, 0.3) is 10.9 Å². The molecule has 0 atom stereocenters. The minimum Gasteiger partial charge on any atom is -0.497 e. The molecule has 0 unspecified atom stereocenters. The van der Waals surface area contributed by atoms with Crippen LogP contribution in [-0.4, -0.2) is 12.1 Å². The second-order valence-electron chi connectivity index (χ2n) is 2.92. The molecule has 2 N–H and O–H groups in total. The Bertz CT molecular complexity index is 485. The average molecular weight is 253 g/mol. The first kappa shape index (κ1) is 9.27. The van der Waals surface area contributed by atoms with Crippen LogP contribution in [0.2, 0.25) is 0 Å². The maximum Gasteiger partial charge on any atom is 0.124 e. The van der Waals surface area contributed by atoms with Crippen LogP contribution < -0.4 is 10.5 Å². The van der Waals surface area contributed by atoms with E-state index in [-0.39, 0.29) is 0 Å². The summed E-state index contributed by atoms with van der Waals surface area (Å²) in [6, 6.07) is 7.49. The van der Waals surface area contributed by atoms with Crippen LogP contribution in [0.4, 0.5) is 5.82 Å². The van der Waals surface area contributed by atoms with Crippen molar-refractivity contribution in [3.8, 4) is 5.75 Å². The second-order valence-corrected chi connectivity index (χ2v) is 3.77. The molecule has 0 aliphatic heterocycles. The van der Waals surface area contributed by atoms with E-state index in [1.54, 1.807) is 13.2 Å². The van der Waals surface area contributed by atoms with Gasteiger partial charge in [0.05, 0.1) is 12.6 Å². The van der Waals surface area contributed by atoms with Crippen LogP contribution in [0, 0.1) is 0 Å². The van der Waals surface area contributed by atoms with Crippen LogP contribution in [0.3, 0.4) is 0 Å². The van der Waals surface area contributed by atoms with E-state index in [2.05, 4.69) is 20.9 Å². The molecule has 0 radical (unpaired) electrons. The predicted molar refractivity (Wildman–Crippen MR) is 60.4 cm³/mol. The summed E-state index contributed by atoms with van der Waals surface area (Å²) >= 11 is 3.42. The number of nitrogen functional groups attached to an aromatic ring is 1. The van der Waals surface area contributed by atoms with Gasteiger partial charge in [-0.3, -0.25) is 0 Å². The van der Waals surface area contributed by atoms with Crippen molar-refractivity contribution < 1.29 is 4.74 Å². The molecule has 0 saturated carbocycles. The summed E-state index contributed by atoms with van der Waals surface area (Å²) in [6.07, 6.45) is 0. The maximum absolute atomic E-state index is 5.60. The Balaban J connectivity index is 2.76. The summed E-state index contributed by atoms with van der Waals surface area (Å²) in [6.45, 7) is 0. The fourth-order valence-corrected chi connectivity index (χ4v) is 1.84. The standard InChI is InChI=1S/C10H9BrN2O/c1-14-7-4-6-2-3-9(12)13-10(6)8(11)5-7/h2-5H,1H3,(H2,12,13). The van der Waals surface area contributed by atoms with Crippen molar-refractivity contribution in [1.82, 2.24) is 4.98 Å². The Kier molecular flexibility index (Phi) is 2.29. The molecule has 0 aliphatic carbocycles. The quantitative estimate of drug-likeness (QED) is 0.849. The smallest absolute Gasteiger partial charge is 0.124 e. The van der Waals surface area contributed by atoms with Crippen molar-refractivity contribution in [2.45, 2.75) is 0 Å². The van der Waals surface area contributed by atoms with Crippen LogP contribution in [0.5, 0.6) is 5.75 Å². The molecule has 0 saturated heterocycles. The van der Waals surface area contributed by atoms with Gasteiger partial charge in [0, 0.05) is 9.86 Å². The molecule has 2 rings (SSSR count). The molecule has 0 bridgehead atoms. The van der Waals surface area contributed by atoms with Crippen molar-refractivity contribution in [2.24, 2.45) is 0 Å². The van der Waals surface area contributed by atoms with Gasteiger partial charge in [0.15, 0.2) is 0 Å².